The third-order valence-corrected chi connectivity index (χ3v) is 3.88. The van der Waals surface area contributed by atoms with Crippen molar-refractivity contribution in [2.75, 3.05) is 19.7 Å². The molecule has 0 bridgehead atoms. The minimum absolute atomic E-state index is 0. The maximum absolute atomic E-state index is 10.6. The molecule has 0 spiro atoms. The minimum atomic E-state index is -0.765. The molecule has 9 heteroatoms. The Morgan fingerprint density at radius 3 is 2.41 bits per heavy atom. The lowest BCUT2D eigenvalue weighted by Crippen LogP contribution is -2.42. The van der Waals surface area contributed by atoms with Crippen LogP contribution in [-0.4, -0.2) is 41.8 Å². The molecule has 8 nitrogen and oxygen atoms in total. The highest BCUT2D eigenvalue weighted by Gasteiger charge is 2.09. The van der Waals surface area contributed by atoms with Gasteiger partial charge in [-0.1, -0.05) is 29.8 Å². The minimum Gasteiger partial charge on any atom is -0.491 e. The summed E-state index contributed by atoms with van der Waals surface area (Å²) in [6.45, 7) is 5.56. The summed E-state index contributed by atoms with van der Waals surface area (Å²) < 4.78 is 5.46. The van der Waals surface area contributed by atoms with Gasteiger partial charge in [-0.15, -0.1) is 24.0 Å². The second-order valence-corrected chi connectivity index (χ2v) is 6.28. The van der Waals surface area contributed by atoms with Gasteiger partial charge in [-0.2, -0.15) is 0 Å². The summed E-state index contributed by atoms with van der Waals surface area (Å²) in [7, 11) is 0. The number of rotatable bonds is 9. The summed E-state index contributed by atoms with van der Waals surface area (Å²) in [5, 5.41) is 27.0. The first-order chi connectivity index (χ1) is 13.5. The highest BCUT2D eigenvalue weighted by Crippen LogP contribution is 2.17. The van der Waals surface area contributed by atoms with Gasteiger partial charge in [0.2, 0.25) is 0 Å². The lowest BCUT2D eigenvalue weighted by molar-refractivity contribution is -0.384. The predicted molar refractivity (Wildman–Crippen MR) is 124 cm³/mol. The van der Waals surface area contributed by atoms with Crippen molar-refractivity contribution in [3.8, 4) is 5.75 Å². The first kappa shape index (κ1) is 24.6. The van der Waals surface area contributed by atoms with Crippen LogP contribution < -0.4 is 15.4 Å². The van der Waals surface area contributed by atoms with Crippen LogP contribution in [0.3, 0.4) is 0 Å². The molecule has 2 rings (SSSR count). The molecule has 0 aliphatic carbocycles. The molecule has 1 unspecified atom stereocenters. The largest absolute Gasteiger partial charge is 0.491 e. The molecule has 0 aliphatic rings. The van der Waals surface area contributed by atoms with E-state index in [1.807, 2.05) is 38.1 Å². The number of halogens is 1. The Bertz CT molecular complexity index is 782. The van der Waals surface area contributed by atoms with Gasteiger partial charge in [0.25, 0.3) is 5.69 Å². The zero-order valence-corrected chi connectivity index (χ0v) is 18.8. The summed E-state index contributed by atoms with van der Waals surface area (Å²) in [6.07, 6.45) is -0.765. The van der Waals surface area contributed by atoms with Crippen LogP contribution in [0.1, 0.15) is 18.1 Å². The normalized spacial score (nSPS) is 11.9. The van der Waals surface area contributed by atoms with E-state index in [-0.39, 0.29) is 42.8 Å². The molecule has 0 heterocycles. The fraction of sp³-hybridized carbons (Fsp3) is 0.350. The number of nitro benzene ring substituents is 1. The van der Waals surface area contributed by atoms with E-state index in [0.29, 0.717) is 24.8 Å². The maximum atomic E-state index is 10.6. The monoisotopic (exact) mass is 514 g/mol. The van der Waals surface area contributed by atoms with E-state index in [1.165, 1.54) is 29.8 Å². The molecule has 0 saturated heterocycles. The van der Waals surface area contributed by atoms with E-state index >= 15 is 0 Å². The quantitative estimate of drug-likeness (QED) is 0.156. The number of non-ortho nitro benzene ring substituents is 1. The van der Waals surface area contributed by atoms with Gasteiger partial charge in [0, 0.05) is 25.2 Å². The van der Waals surface area contributed by atoms with Gasteiger partial charge in [0.1, 0.15) is 18.5 Å². The number of aliphatic hydroxyl groups excluding tert-OH is 1. The van der Waals surface area contributed by atoms with E-state index in [4.69, 9.17) is 4.74 Å². The predicted octanol–water partition coefficient (Wildman–Crippen LogP) is 3.02. The Morgan fingerprint density at radius 1 is 1.17 bits per heavy atom. The van der Waals surface area contributed by atoms with Gasteiger partial charge in [0.15, 0.2) is 5.96 Å². The molecule has 2 aromatic rings. The lowest BCUT2D eigenvalue weighted by Gasteiger charge is -2.16. The van der Waals surface area contributed by atoms with Crippen molar-refractivity contribution < 1.29 is 14.8 Å². The summed E-state index contributed by atoms with van der Waals surface area (Å²) in [5.41, 5.74) is 2.30. The van der Waals surface area contributed by atoms with Crippen molar-refractivity contribution in [2.45, 2.75) is 26.5 Å². The number of benzene rings is 2. The van der Waals surface area contributed by atoms with E-state index in [0.717, 1.165) is 5.56 Å². The summed E-state index contributed by atoms with van der Waals surface area (Å²) >= 11 is 0. The van der Waals surface area contributed by atoms with Crippen LogP contribution in [0.25, 0.3) is 0 Å². The van der Waals surface area contributed by atoms with Crippen LogP contribution in [0.4, 0.5) is 5.69 Å². The fourth-order valence-electron chi connectivity index (χ4n) is 2.34. The van der Waals surface area contributed by atoms with Gasteiger partial charge < -0.3 is 20.5 Å². The zero-order valence-electron chi connectivity index (χ0n) is 16.5. The number of aliphatic hydroxyl groups is 1. The average Bonchev–Trinajstić information content (AvgIpc) is 2.70. The smallest absolute Gasteiger partial charge is 0.269 e. The van der Waals surface area contributed by atoms with Crippen molar-refractivity contribution in [1.29, 1.82) is 0 Å². The Hall–Kier alpha value is -2.40. The first-order valence-corrected chi connectivity index (χ1v) is 9.11. The van der Waals surface area contributed by atoms with Gasteiger partial charge in [-0.05, 0) is 31.5 Å². The molecule has 2 aromatic carbocycles. The second-order valence-electron chi connectivity index (χ2n) is 6.28. The van der Waals surface area contributed by atoms with Crippen LogP contribution in [0.2, 0.25) is 0 Å². The molecule has 0 aliphatic heterocycles. The summed E-state index contributed by atoms with van der Waals surface area (Å²) in [6, 6.07) is 13.9. The molecule has 29 heavy (non-hydrogen) atoms. The molecule has 158 valence electrons. The van der Waals surface area contributed by atoms with Crippen LogP contribution in [0, 0.1) is 17.0 Å². The Balaban J connectivity index is 0.00000420. The highest BCUT2D eigenvalue weighted by molar-refractivity contribution is 14.0. The van der Waals surface area contributed by atoms with E-state index in [1.54, 1.807) is 0 Å². The summed E-state index contributed by atoms with van der Waals surface area (Å²) in [5.74, 6) is 1.07. The van der Waals surface area contributed by atoms with Crippen molar-refractivity contribution in [2.24, 2.45) is 4.99 Å². The summed E-state index contributed by atoms with van der Waals surface area (Å²) in [4.78, 5) is 14.7. The molecular weight excluding hydrogens is 487 g/mol. The van der Waals surface area contributed by atoms with E-state index in [9.17, 15) is 15.2 Å². The molecule has 0 fully saturated rings. The maximum Gasteiger partial charge on any atom is 0.269 e. The number of hydrogen-bond acceptors (Lipinski definition) is 5. The number of aryl methyl sites for hydroxylation is 1. The number of aliphatic imine (C=N–C) groups is 1. The van der Waals surface area contributed by atoms with Crippen LogP contribution in [0.15, 0.2) is 53.5 Å². The molecule has 1 atom stereocenters. The van der Waals surface area contributed by atoms with Crippen LogP contribution in [0.5, 0.6) is 5.75 Å². The fourth-order valence-corrected chi connectivity index (χ4v) is 2.34. The number of guanidine groups is 1. The van der Waals surface area contributed by atoms with Crippen LogP contribution >= 0.6 is 24.0 Å². The number of nitro groups is 1. The first-order valence-electron chi connectivity index (χ1n) is 9.11. The number of nitrogens with one attached hydrogen (secondary N) is 2. The third kappa shape index (κ3) is 9.09. The lowest BCUT2D eigenvalue weighted by atomic mass is 10.1. The van der Waals surface area contributed by atoms with E-state index < -0.39 is 11.0 Å². The molecular formula is C20H27IN4O4. The Morgan fingerprint density at radius 2 is 1.83 bits per heavy atom. The SMILES string of the molecule is CCNC(=NCc1ccc(C)cc1)NCC(O)COc1ccc([N+](=O)[O-])cc1.I. The molecule has 3 N–H and O–H groups in total. The molecule has 0 saturated carbocycles. The Kier molecular flexibility index (Phi) is 11.0. The van der Waals surface area contributed by atoms with Crippen molar-refractivity contribution in [3.63, 3.8) is 0 Å². The van der Waals surface area contributed by atoms with Crippen molar-refractivity contribution >= 4 is 35.6 Å². The van der Waals surface area contributed by atoms with Crippen LogP contribution in [-0.2, 0) is 6.54 Å². The van der Waals surface area contributed by atoms with Crippen molar-refractivity contribution in [3.05, 3.63) is 69.8 Å². The third-order valence-electron chi connectivity index (χ3n) is 3.88. The van der Waals surface area contributed by atoms with Gasteiger partial charge in [0.05, 0.1) is 11.5 Å². The van der Waals surface area contributed by atoms with Crippen molar-refractivity contribution in [1.82, 2.24) is 10.6 Å². The zero-order chi connectivity index (χ0) is 20.4. The second kappa shape index (κ2) is 12.9. The van der Waals surface area contributed by atoms with Gasteiger partial charge >= 0.3 is 0 Å². The number of nitrogens with zero attached hydrogens (tertiary/aromatic N) is 2. The number of ether oxygens (including phenoxy) is 1. The highest BCUT2D eigenvalue weighted by atomic mass is 127. The topological polar surface area (TPSA) is 109 Å². The van der Waals surface area contributed by atoms with Gasteiger partial charge in [-0.25, -0.2) is 4.99 Å². The standard InChI is InChI=1S/C20H26N4O4.HI/c1-3-21-20(22-12-16-6-4-15(2)5-7-16)23-13-18(25)14-28-19-10-8-17(9-11-19)24(26)27;/h4-11,18,25H,3,12-14H2,1-2H3,(H2,21,22,23);1H. The molecule has 0 aromatic heterocycles. The molecule has 0 amide bonds. The molecule has 0 radical (unpaired) electrons. The van der Waals surface area contributed by atoms with Gasteiger partial charge in [-0.3, -0.25) is 10.1 Å². The average molecular weight is 514 g/mol. The van der Waals surface area contributed by atoms with E-state index in [2.05, 4.69) is 15.6 Å². The number of hydrogen-bond donors (Lipinski definition) is 3. The Labute approximate surface area is 187 Å².